The number of hydrogen-bond acceptors (Lipinski definition) is 7. The van der Waals surface area contributed by atoms with Crippen LogP contribution < -0.4 is 5.32 Å². The number of nitrogens with zero attached hydrogens (tertiary/aromatic N) is 4. The summed E-state index contributed by atoms with van der Waals surface area (Å²) >= 11 is 0. The molecule has 1 aliphatic rings. The Hall–Kier alpha value is -4.61. The van der Waals surface area contributed by atoms with Crippen molar-refractivity contribution >= 4 is 32.4 Å². The molecular formula is C27H22N6O4S. The molecule has 1 amide bonds. The van der Waals surface area contributed by atoms with Crippen LogP contribution in [-0.4, -0.2) is 50.4 Å². The number of fused-ring (bicyclic) bond motifs is 2. The SMILES string of the molecule is O=C(Nc1ccc(-c2nn[nH]n2)cc1O)C1Cc2ccccc2CN1S(=O)(=O)c1ccc2ccccc2c1. The highest BCUT2D eigenvalue weighted by Gasteiger charge is 2.40. The fourth-order valence-electron chi connectivity index (χ4n) is 4.71. The number of anilines is 1. The molecule has 1 aliphatic heterocycles. The second-order valence-corrected chi connectivity index (χ2v) is 10.9. The maximum atomic E-state index is 13.9. The second kappa shape index (κ2) is 9.36. The van der Waals surface area contributed by atoms with Crippen molar-refractivity contribution in [2.24, 2.45) is 0 Å². The number of carbonyl (C=O) groups is 1. The van der Waals surface area contributed by atoms with Crippen LogP contribution in [0.2, 0.25) is 0 Å². The third-order valence-electron chi connectivity index (χ3n) is 6.69. The van der Waals surface area contributed by atoms with Gasteiger partial charge in [0, 0.05) is 12.1 Å². The molecule has 1 aromatic heterocycles. The Balaban J connectivity index is 1.35. The maximum absolute atomic E-state index is 13.9. The van der Waals surface area contributed by atoms with Crippen molar-refractivity contribution in [3.05, 3.63) is 96.1 Å². The molecule has 0 fully saturated rings. The molecule has 5 aromatic rings. The van der Waals surface area contributed by atoms with Gasteiger partial charge in [0.15, 0.2) is 0 Å². The van der Waals surface area contributed by atoms with Crippen LogP contribution in [0.25, 0.3) is 22.2 Å². The molecule has 0 bridgehead atoms. The van der Waals surface area contributed by atoms with Crippen LogP contribution in [0.15, 0.2) is 89.8 Å². The Morgan fingerprint density at radius 2 is 1.71 bits per heavy atom. The van der Waals surface area contributed by atoms with Crippen molar-refractivity contribution < 1.29 is 18.3 Å². The molecule has 1 unspecified atom stereocenters. The number of sulfonamides is 1. The molecule has 0 radical (unpaired) electrons. The van der Waals surface area contributed by atoms with Crippen molar-refractivity contribution in [3.8, 4) is 17.1 Å². The van der Waals surface area contributed by atoms with Crippen LogP contribution in [-0.2, 0) is 27.8 Å². The summed E-state index contributed by atoms with van der Waals surface area (Å²) in [6.45, 7) is 0.0478. The second-order valence-electron chi connectivity index (χ2n) is 9.00. The van der Waals surface area contributed by atoms with Crippen molar-refractivity contribution in [2.45, 2.75) is 23.9 Å². The lowest BCUT2D eigenvalue weighted by Gasteiger charge is -2.35. The van der Waals surface area contributed by atoms with Crippen LogP contribution in [0, 0.1) is 0 Å². The molecule has 38 heavy (non-hydrogen) atoms. The number of carbonyl (C=O) groups excluding carboxylic acids is 1. The van der Waals surface area contributed by atoms with Gasteiger partial charge in [-0.2, -0.15) is 9.52 Å². The van der Waals surface area contributed by atoms with Crippen molar-refractivity contribution in [2.75, 3.05) is 5.32 Å². The van der Waals surface area contributed by atoms with Crippen molar-refractivity contribution in [3.63, 3.8) is 0 Å². The monoisotopic (exact) mass is 526 g/mol. The summed E-state index contributed by atoms with van der Waals surface area (Å²) in [5.74, 6) is -0.470. The van der Waals surface area contributed by atoms with E-state index in [4.69, 9.17) is 0 Å². The summed E-state index contributed by atoms with van der Waals surface area (Å²) in [5.41, 5.74) is 2.38. The number of phenolic OH excluding ortho intramolecular Hbond substituents is 1. The van der Waals surface area contributed by atoms with Gasteiger partial charge in [0.05, 0.1) is 10.6 Å². The lowest BCUT2D eigenvalue weighted by molar-refractivity contribution is -0.120. The average molecular weight is 527 g/mol. The molecule has 0 saturated carbocycles. The number of phenols is 1. The molecule has 3 N–H and O–H groups in total. The number of H-pyrrole nitrogens is 1. The van der Waals surface area contributed by atoms with Gasteiger partial charge >= 0.3 is 0 Å². The summed E-state index contributed by atoms with van der Waals surface area (Å²) < 4.78 is 29.1. The lowest BCUT2D eigenvalue weighted by Crippen LogP contribution is -2.50. The van der Waals surface area contributed by atoms with E-state index in [1.54, 1.807) is 24.3 Å². The molecule has 0 aliphatic carbocycles. The smallest absolute Gasteiger partial charge is 0.244 e. The fraction of sp³-hybridized carbons (Fsp3) is 0.111. The normalized spacial score (nSPS) is 15.7. The van der Waals surface area contributed by atoms with E-state index in [2.05, 4.69) is 25.9 Å². The number of aromatic amines is 1. The van der Waals surface area contributed by atoms with Crippen LogP contribution in [0.4, 0.5) is 5.69 Å². The predicted molar refractivity (Wildman–Crippen MR) is 141 cm³/mol. The van der Waals surface area contributed by atoms with Gasteiger partial charge in [-0.25, -0.2) is 8.42 Å². The van der Waals surface area contributed by atoms with Gasteiger partial charge in [-0.15, -0.1) is 10.2 Å². The number of aromatic hydroxyl groups is 1. The Labute approximate surface area is 218 Å². The number of rotatable bonds is 5. The third-order valence-corrected chi connectivity index (χ3v) is 8.55. The standard InChI is InChI=1S/C27H22N6O4S/c34-25-15-20(26-29-31-32-30-26)10-12-23(25)28-27(35)24-14-19-7-3-4-8-21(19)16-33(24)38(36,37)22-11-9-17-5-1-2-6-18(17)13-22/h1-13,15,24,34H,14,16H2,(H,28,35)(H,29,30,31,32). The molecule has 6 rings (SSSR count). The van der Waals surface area contributed by atoms with E-state index < -0.39 is 22.0 Å². The van der Waals surface area contributed by atoms with E-state index >= 15 is 0 Å². The van der Waals surface area contributed by atoms with E-state index in [-0.39, 0.29) is 35.1 Å². The summed E-state index contributed by atoms with van der Waals surface area (Å²) in [4.78, 5) is 13.7. The first-order valence-corrected chi connectivity index (χ1v) is 13.3. The molecule has 0 spiro atoms. The van der Waals surface area contributed by atoms with Gasteiger partial charge in [0.1, 0.15) is 11.8 Å². The maximum Gasteiger partial charge on any atom is 0.244 e. The minimum Gasteiger partial charge on any atom is -0.506 e. The molecular weight excluding hydrogens is 504 g/mol. The minimum absolute atomic E-state index is 0.0478. The topological polar surface area (TPSA) is 141 Å². The highest BCUT2D eigenvalue weighted by molar-refractivity contribution is 7.89. The van der Waals surface area contributed by atoms with Crippen LogP contribution in [0.3, 0.4) is 0 Å². The summed E-state index contributed by atoms with van der Waals surface area (Å²) in [6.07, 6.45) is 0.191. The Morgan fingerprint density at radius 3 is 2.47 bits per heavy atom. The number of amides is 1. The van der Waals surface area contributed by atoms with Crippen LogP contribution in [0.1, 0.15) is 11.1 Å². The predicted octanol–water partition coefficient (Wildman–Crippen LogP) is 3.48. The zero-order valence-corrected chi connectivity index (χ0v) is 20.8. The van der Waals surface area contributed by atoms with Gasteiger partial charge in [-0.1, -0.05) is 54.6 Å². The zero-order chi connectivity index (χ0) is 26.3. The lowest BCUT2D eigenvalue weighted by atomic mass is 9.95. The first kappa shape index (κ1) is 23.8. The van der Waals surface area contributed by atoms with Gasteiger partial charge < -0.3 is 10.4 Å². The van der Waals surface area contributed by atoms with Crippen molar-refractivity contribution in [1.29, 1.82) is 0 Å². The van der Waals surface area contributed by atoms with Gasteiger partial charge in [0.25, 0.3) is 0 Å². The molecule has 11 heteroatoms. The average Bonchev–Trinajstić information content (AvgIpc) is 3.48. The van der Waals surface area contributed by atoms with E-state index in [9.17, 15) is 18.3 Å². The third kappa shape index (κ3) is 4.27. The summed E-state index contributed by atoms with van der Waals surface area (Å²) in [7, 11) is -4.05. The minimum atomic E-state index is -4.05. The number of tetrazole rings is 1. The first-order valence-electron chi connectivity index (χ1n) is 11.9. The van der Waals surface area contributed by atoms with Gasteiger partial charge in [-0.3, -0.25) is 4.79 Å². The number of nitrogens with one attached hydrogen (secondary N) is 2. The summed E-state index contributed by atoms with van der Waals surface area (Å²) in [6, 6.07) is 23.5. The Kier molecular flexibility index (Phi) is 5.86. The molecule has 4 aromatic carbocycles. The molecule has 1 atom stereocenters. The van der Waals surface area contributed by atoms with Crippen LogP contribution in [0.5, 0.6) is 5.75 Å². The molecule has 190 valence electrons. The number of benzene rings is 4. The van der Waals surface area contributed by atoms with E-state index in [0.29, 0.717) is 5.56 Å². The number of hydrogen-bond donors (Lipinski definition) is 3. The quantitative estimate of drug-likeness (QED) is 0.298. The fourth-order valence-corrected chi connectivity index (χ4v) is 6.32. The highest BCUT2D eigenvalue weighted by atomic mass is 32.2. The van der Waals surface area contributed by atoms with Crippen LogP contribution >= 0.6 is 0 Å². The zero-order valence-electron chi connectivity index (χ0n) is 19.9. The van der Waals surface area contributed by atoms with E-state index in [1.165, 1.54) is 16.4 Å². The molecule has 10 nitrogen and oxygen atoms in total. The first-order chi connectivity index (χ1) is 18.4. The van der Waals surface area contributed by atoms with E-state index in [0.717, 1.165) is 21.9 Å². The molecule has 0 saturated heterocycles. The van der Waals surface area contributed by atoms with Crippen molar-refractivity contribution in [1.82, 2.24) is 24.9 Å². The highest BCUT2D eigenvalue weighted by Crippen LogP contribution is 2.33. The van der Waals surface area contributed by atoms with Gasteiger partial charge in [0.2, 0.25) is 21.8 Å². The molecule has 2 heterocycles. The Morgan fingerprint density at radius 1 is 0.947 bits per heavy atom. The largest absolute Gasteiger partial charge is 0.506 e. The Bertz CT molecular complexity index is 1770. The van der Waals surface area contributed by atoms with Gasteiger partial charge in [-0.05, 0) is 63.9 Å². The summed E-state index contributed by atoms with van der Waals surface area (Å²) in [5, 5.41) is 28.6. The van der Waals surface area contributed by atoms with E-state index in [1.807, 2.05) is 48.5 Å². The number of aromatic nitrogens is 4.